The molecule has 106 valence electrons. The van der Waals surface area contributed by atoms with E-state index in [1.165, 1.54) is 12.8 Å². The van der Waals surface area contributed by atoms with Gasteiger partial charge in [0.2, 0.25) is 0 Å². The molecule has 19 heavy (non-hydrogen) atoms. The smallest absolute Gasteiger partial charge is 0.148 e. The predicted octanol–water partition coefficient (Wildman–Crippen LogP) is 2.58. The topological polar surface area (TPSA) is 75.9 Å². The van der Waals surface area contributed by atoms with E-state index in [0.717, 1.165) is 23.1 Å². The van der Waals surface area contributed by atoms with Crippen LogP contribution in [0.1, 0.15) is 51.9 Å². The van der Waals surface area contributed by atoms with E-state index in [1.54, 1.807) is 0 Å². The fourth-order valence-corrected chi connectivity index (χ4v) is 2.06. The first-order valence-corrected chi connectivity index (χ1v) is 6.95. The first-order chi connectivity index (χ1) is 8.82. The van der Waals surface area contributed by atoms with Crippen LogP contribution in [0.5, 0.6) is 0 Å². The second-order valence-corrected chi connectivity index (χ2v) is 6.53. The molecular weight excluding hydrogens is 238 g/mol. The third kappa shape index (κ3) is 3.15. The summed E-state index contributed by atoms with van der Waals surface area (Å²) in [5.41, 5.74) is 3.55. The molecule has 1 fully saturated rings. The lowest BCUT2D eigenvalue weighted by Gasteiger charge is -2.22. The first-order valence-electron chi connectivity index (χ1n) is 6.95. The lowest BCUT2D eigenvalue weighted by molar-refractivity contribution is 0.545. The maximum atomic E-state index is 5.57. The zero-order chi connectivity index (χ0) is 14.2. The summed E-state index contributed by atoms with van der Waals surface area (Å²) in [7, 11) is 0. The molecule has 5 heteroatoms. The van der Waals surface area contributed by atoms with Gasteiger partial charge in [0.1, 0.15) is 17.5 Å². The van der Waals surface area contributed by atoms with Crippen molar-refractivity contribution in [3.8, 4) is 0 Å². The Bertz CT molecular complexity index is 460. The van der Waals surface area contributed by atoms with Gasteiger partial charge < -0.3 is 10.7 Å². The average Bonchev–Trinajstić information content (AvgIpc) is 3.14. The van der Waals surface area contributed by atoms with Gasteiger partial charge in [0.15, 0.2) is 0 Å². The second kappa shape index (κ2) is 4.96. The summed E-state index contributed by atoms with van der Waals surface area (Å²) in [6.45, 7) is 10.5. The minimum atomic E-state index is -0.0987. The van der Waals surface area contributed by atoms with Crippen LogP contribution in [-0.2, 0) is 5.41 Å². The van der Waals surface area contributed by atoms with Crippen LogP contribution in [0, 0.1) is 12.8 Å². The van der Waals surface area contributed by atoms with Crippen LogP contribution < -0.4 is 16.6 Å². The minimum Gasteiger partial charge on any atom is -0.367 e. The Morgan fingerprint density at radius 2 is 1.79 bits per heavy atom. The van der Waals surface area contributed by atoms with Gasteiger partial charge in [-0.05, 0) is 32.6 Å². The van der Waals surface area contributed by atoms with E-state index in [9.17, 15) is 0 Å². The molecule has 4 N–H and O–H groups in total. The number of nitrogens with two attached hydrogens (primary N) is 1. The van der Waals surface area contributed by atoms with Gasteiger partial charge in [-0.1, -0.05) is 20.8 Å². The molecule has 2 rings (SSSR count). The van der Waals surface area contributed by atoms with E-state index < -0.39 is 0 Å². The van der Waals surface area contributed by atoms with Gasteiger partial charge in [0, 0.05) is 17.0 Å². The van der Waals surface area contributed by atoms with Crippen LogP contribution in [0.3, 0.4) is 0 Å². The van der Waals surface area contributed by atoms with Crippen molar-refractivity contribution >= 4 is 11.6 Å². The Balaban J connectivity index is 2.34. The molecule has 0 bridgehead atoms. The SMILES string of the molecule is Cc1c(NN)nc(C(C)(C)C)nc1NC(C)C1CC1. The molecule has 5 nitrogen and oxygen atoms in total. The number of aromatic nitrogens is 2. The van der Waals surface area contributed by atoms with E-state index in [0.29, 0.717) is 11.9 Å². The molecule has 1 unspecified atom stereocenters. The number of nitrogens with one attached hydrogen (secondary N) is 2. The Morgan fingerprint density at radius 3 is 2.26 bits per heavy atom. The molecule has 1 atom stereocenters. The third-order valence-corrected chi connectivity index (χ3v) is 3.65. The standard InChI is InChI=1S/C14H25N5/c1-8-11(16-9(2)10-6-7-10)17-13(14(3,4)5)18-12(8)19-15/h9-10H,6-7,15H2,1-5H3,(H2,16,17,18,19). The largest absolute Gasteiger partial charge is 0.367 e. The Kier molecular flexibility index (Phi) is 3.67. The van der Waals surface area contributed by atoms with Gasteiger partial charge in [-0.25, -0.2) is 15.8 Å². The van der Waals surface area contributed by atoms with Crippen LogP contribution in [-0.4, -0.2) is 16.0 Å². The van der Waals surface area contributed by atoms with Crippen molar-refractivity contribution in [2.45, 2.75) is 58.9 Å². The van der Waals surface area contributed by atoms with Crippen molar-refractivity contribution in [2.75, 3.05) is 10.7 Å². The van der Waals surface area contributed by atoms with Gasteiger partial charge in [-0.15, -0.1) is 0 Å². The molecule has 1 heterocycles. The summed E-state index contributed by atoms with van der Waals surface area (Å²) in [6.07, 6.45) is 2.62. The number of nitrogen functional groups attached to an aromatic ring is 1. The maximum Gasteiger partial charge on any atom is 0.148 e. The zero-order valence-corrected chi connectivity index (χ0v) is 12.5. The van der Waals surface area contributed by atoms with E-state index in [-0.39, 0.29) is 5.41 Å². The van der Waals surface area contributed by atoms with Crippen LogP contribution in [0.15, 0.2) is 0 Å². The molecule has 0 aliphatic heterocycles. The molecule has 0 amide bonds. The molecule has 0 aromatic carbocycles. The molecular formula is C14H25N5. The number of hydrogen-bond donors (Lipinski definition) is 3. The van der Waals surface area contributed by atoms with Crippen LogP contribution in [0.25, 0.3) is 0 Å². The highest BCUT2D eigenvalue weighted by Gasteiger charge is 2.29. The van der Waals surface area contributed by atoms with Gasteiger partial charge in [0.25, 0.3) is 0 Å². The number of rotatable bonds is 4. The Morgan fingerprint density at radius 1 is 1.21 bits per heavy atom. The number of hydrazine groups is 1. The van der Waals surface area contributed by atoms with Crippen LogP contribution in [0.4, 0.5) is 11.6 Å². The lowest BCUT2D eigenvalue weighted by atomic mass is 9.95. The summed E-state index contributed by atoms with van der Waals surface area (Å²) >= 11 is 0. The monoisotopic (exact) mass is 263 g/mol. The Labute approximate surface area is 115 Å². The van der Waals surface area contributed by atoms with Gasteiger partial charge in [-0.3, -0.25) is 0 Å². The number of anilines is 2. The van der Waals surface area contributed by atoms with Crippen molar-refractivity contribution in [3.63, 3.8) is 0 Å². The van der Waals surface area contributed by atoms with Crippen molar-refractivity contribution in [2.24, 2.45) is 11.8 Å². The lowest BCUT2D eigenvalue weighted by Crippen LogP contribution is -2.24. The molecule has 0 spiro atoms. The van der Waals surface area contributed by atoms with Crippen molar-refractivity contribution < 1.29 is 0 Å². The summed E-state index contributed by atoms with van der Waals surface area (Å²) in [5, 5.41) is 3.51. The number of nitrogens with zero attached hydrogens (tertiary/aromatic N) is 2. The minimum absolute atomic E-state index is 0.0987. The summed E-state index contributed by atoms with van der Waals surface area (Å²) in [4.78, 5) is 9.19. The third-order valence-electron chi connectivity index (χ3n) is 3.65. The first kappa shape index (κ1) is 14.1. The average molecular weight is 263 g/mol. The van der Waals surface area contributed by atoms with Crippen molar-refractivity contribution in [1.29, 1.82) is 0 Å². The molecule has 1 aromatic rings. The zero-order valence-electron chi connectivity index (χ0n) is 12.5. The van der Waals surface area contributed by atoms with E-state index >= 15 is 0 Å². The molecule has 1 aliphatic carbocycles. The summed E-state index contributed by atoms with van der Waals surface area (Å²) in [5.74, 6) is 8.74. The maximum absolute atomic E-state index is 5.57. The van der Waals surface area contributed by atoms with Crippen LogP contribution >= 0.6 is 0 Å². The molecule has 0 saturated heterocycles. The predicted molar refractivity (Wildman–Crippen MR) is 79.1 cm³/mol. The van der Waals surface area contributed by atoms with Gasteiger partial charge in [-0.2, -0.15) is 0 Å². The fraction of sp³-hybridized carbons (Fsp3) is 0.714. The van der Waals surface area contributed by atoms with E-state index in [4.69, 9.17) is 5.84 Å². The summed E-state index contributed by atoms with van der Waals surface area (Å²) < 4.78 is 0. The molecule has 1 aromatic heterocycles. The second-order valence-electron chi connectivity index (χ2n) is 6.53. The van der Waals surface area contributed by atoms with E-state index in [2.05, 4.69) is 48.4 Å². The fourth-order valence-electron chi connectivity index (χ4n) is 2.06. The van der Waals surface area contributed by atoms with E-state index in [1.807, 2.05) is 6.92 Å². The molecule has 1 saturated carbocycles. The quantitative estimate of drug-likeness (QED) is 0.575. The molecule has 0 radical (unpaired) electrons. The van der Waals surface area contributed by atoms with Crippen molar-refractivity contribution in [1.82, 2.24) is 9.97 Å². The van der Waals surface area contributed by atoms with Gasteiger partial charge in [0.05, 0.1) is 0 Å². The molecule has 1 aliphatic rings. The highest BCUT2D eigenvalue weighted by atomic mass is 15.3. The van der Waals surface area contributed by atoms with Crippen LogP contribution in [0.2, 0.25) is 0 Å². The normalized spacial score (nSPS) is 17.2. The Hall–Kier alpha value is -1.36. The summed E-state index contributed by atoms with van der Waals surface area (Å²) in [6, 6.07) is 0.451. The highest BCUT2D eigenvalue weighted by Crippen LogP contribution is 2.35. The number of hydrogen-bond acceptors (Lipinski definition) is 5. The van der Waals surface area contributed by atoms with Gasteiger partial charge >= 0.3 is 0 Å². The van der Waals surface area contributed by atoms with Crippen molar-refractivity contribution in [3.05, 3.63) is 11.4 Å². The highest BCUT2D eigenvalue weighted by molar-refractivity contribution is 5.57.